The monoisotopic (exact) mass is 345 g/mol. The Morgan fingerprint density at radius 2 is 2.05 bits per heavy atom. The highest BCUT2D eigenvalue weighted by molar-refractivity contribution is 7.89. The molecule has 0 aromatic carbocycles. The highest BCUT2D eigenvalue weighted by Crippen LogP contribution is 2.28. The van der Waals surface area contributed by atoms with Crippen molar-refractivity contribution in [1.82, 2.24) is 9.71 Å². The Bertz CT molecular complexity index is 772. The number of rotatable bonds is 4. The summed E-state index contributed by atoms with van der Waals surface area (Å²) in [6, 6.07) is 2.95. The number of hydrogen-bond acceptors (Lipinski definition) is 5. The van der Waals surface area contributed by atoms with Crippen LogP contribution in [0.4, 0.5) is 5.82 Å². The Kier molecular flexibility index (Phi) is 4.57. The van der Waals surface area contributed by atoms with E-state index < -0.39 is 10.0 Å². The van der Waals surface area contributed by atoms with E-state index in [9.17, 15) is 8.42 Å². The van der Waals surface area contributed by atoms with Crippen LogP contribution in [0.3, 0.4) is 0 Å². The third-order valence-electron chi connectivity index (χ3n) is 3.03. The van der Waals surface area contributed by atoms with Crippen molar-refractivity contribution in [3.63, 3.8) is 0 Å². The summed E-state index contributed by atoms with van der Waals surface area (Å²) >= 11 is 7.46. The third kappa shape index (κ3) is 3.55. The molecule has 0 spiro atoms. The van der Waals surface area contributed by atoms with Crippen molar-refractivity contribution in [3.05, 3.63) is 38.7 Å². The van der Waals surface area contributed by atoms with Gasteiger partial charge in [0, 0.05) is 22.0 Å². The lowest BCUT2D eigenvalue weighted by atomic mass is 10.1. The number of nitrogens with zero attached hydrogens (tertiary/aromatic N) is 1. The van der Waals surface area contributed by atoms with Crippen molar-refractivity contribution in [2.45, 2.75) is 31.7 Å². The number of aromatic nitrogens is 1. The SMILES string of the molecule is Cc1cc(C(C)NS(=O)(=O)c2cnc(N)c(Cl)c2)c(C)s1. The molecule has 1 atom stereocenters. The van der Waals surface area contributed by atoms with Gasteiger partial charge in [-0.2, -0.15) is 0 Å². The smallest absolute Gasteiger partial charge is 0.242 e. The minimum atomic E-state index is -3.70. The number of halogens is 1. The number of aryl methyl sites for hydroxylation is 2. The van der Waals surface area contributed by atoms with Crippen molar-refractivity contribution in [1.29, 1.82) is 0 Å². The maximum Gasteiger partial charge on any atom is 0.242 e. The number of nitrogen functional groups attached to an aromatic ring is 1. The second-order valence-electron chi connectivity index (χ2n) is 4.75. The first-order valence-corrected chi connectivity index (χ1v) is 8.88. The van der Waals surface area contributed by atoms with E-state index in [0.29, 0.717) is 0 Å². The molecule has 114 valence electrons. The van der Waals surface area contributed by atoms with Gasteiger partial charge < -0.3 is 5.73 Å². The lowest BCUT2D eigenvalue weighted by Crippen LogP contribution is -2.27. The van der Waals surface area contributed by atoms with Crippen LogP contribution in [0.5, 0.6) is 0 Å². The van der Waals surface area contributed by atoms with Crippen LogP contribution >= 0.6 is 22.9 Å². The number of hydrogen-bond donors (Lipinski definition) is 2. The Morgan fingerprint density at radius 3 is 2.57 bits per heavy atom. The molecular formula is C13H16ClN3O2S2. The first kappa shape index (κ1) is 16.2. The summed E-state index contributed by atoms with van der Waals surface area (Å²) < 4.78 is 27.3. The summed E-state index contributed by atoms with van der Waals surface area (Å²) in [6.45, 7) is 5.77. The number of nitrogens with one attached hydrogen (secondary N) is 1. The Balaban J connectivity index is 2.28. The van der Waals surface area contributed by atoms with E-state index in [-0.39, 0.29) is 21.8 Å². The molecule has 1 unspecified atom stereocenters. The molecule has 0 bridgehead atoms. The third-order valence-corrected chi connectivity index (χ3v) is 5.82. The fourth-order valence-corrected chi connectivity index (χ4v) is 4.47. The normalized spacial score (nSPS) is 13.3. The fraction of sp³-hybridized carbons (Fsp3) is 0.308. The van der Waals surface area contributed by atoms with Crippen LogP contribution in [-0.2, 0) is 10.0 Å². The lowest BCUT2D eigenvalue weighted by Gasteiger charge is -2.14. The van der Waals surface area contributed by atoms with Gasteiger partial charge >= 0.3 is 0 Å². The molecular weight excluding hydrogens is 330 g/mol. The maximum absolute atomic E-state index is 12.4. The van der Waals surface area contributed by atoms with Gasteiger partial charge in [0.05, 0.1) is 5.02 Å². The van der Waals surface area contributed by atoms with Gasteiger partial charge in [-0.05, 0) is 38.5 Å². The van der Waals surface area contributed by atoms with Crippen LogP contribution in [0, 0.1) is 13.8 Å². The van der Waals surface area contributed by atoms with Crippen LogP contribution in [0.2, 0.25) is 5.02 Å². The van der Waals surface area contributed by atoms with Gasteiger partial charge in [-0.1, -0.05) is 11.6 Å². The zero-order valence-electron chi connectivity index (χ0n) is 11.8. The molecule has 0 saturated carbocycles. The summed E-state index contributed by atoms with van der Waals surface area (Å²) in [6.07, 6.45) is 1.20. The first-order valence-electron chi connectivity index (χ1n) is 6.21. The molecule has 2 aromatic heterocycles. The minimum absolute atomic E-state index is 0.00171. The summed E-state index contributed by atoms with van der Waals surface area (Å²) in [5, 5.41) is 0.119. The second-order valence-corrected chi connectivity index (χ2v) is 8.33. The number of pyridine rings is 1. The summed E-state index contributed by atoms with van der Waals surface area (Å²) in [4.78, 5) is 6.01. The van der Waals surface area contributed by atoms with Crippen LogP contribution in [0.25, 0.3) is 0 Å². The Morgan fingerprint density at radius 1 is 1.38 bits per heavy atom. The number of sulfonamides is 1. The molecule has 8 heteroatoms. The predicted molar refractivity (Wildman–Crippen MR) is 86.2 cm³/mol. The summed E-state index contributed by atoms with van der Waals surface area (Å²) in [5.74, 6) is 0.105. The van der Waals surface area contributed by atoms with Crippen molar-refractivity contribution in [3.8, 4) is 0 Å². The molecule has 2 rings (SSSR count). The topological polar surface area (TPSA) is 85.1 Å². The van der Waals surface area contributed by atoms with Gasteiger partial charge in [0.1, 0.15) is 10.7 Å². The molecule has 0 aliphatic carbocycles. The highest BCUT2D eigenvalue weighted by Gasteiger charge is 2.21. The second kappa shape index (κ2) is 5.92. The minimum Gasteiger partial charge on any atom is -0.382 e. The maximum atomic E-state index is 12.4. The molecule has 5 nitrogen and oxygen atoms in total. The van der Waals surface area contributed by atoms with Gasteiger partial charge in [-0.15, -0.1) is 11.3 Å². The average Bonchev–Trinajstić information content (AvgIpc) is 2.71. The lowest BCUT2D eigenvalue weighted by molar-refractivity contribution is 0.566. The standard InChI is InChI=1S/C13H16ClN3O2S2/c1-7-4-11(9(3)20-7)8(2)17-21(18,19)10-5-12(14)13(15)16-6-10/h4-6,8,17H,1-3H3,(H2,15,16). The molecule has 0 radical (unpaired) electrons. The van der Waals surface area contributed by atoms with E-state index in [1.54, 1.807) is 18.3 Å². The van der Waals surface area contributed by atoms with Crippen LogP contribution in [0.1, 0.15) is 28.3 Å². The molecule has 2 heterocycles. The first-order chi connectivity index (χ1) is 9.70. The van der Waals surface area contributed by atoms with Crippen molar-refractivity contribution >= 4 is 38.8 Å². The Hall–Kier alpha value is -1.15. The van der Waals surface area contributed by atoms with E-state index in [0.717, 1.165) is 15.3 Å². The quantitative estimate of drug-likeness (QED) is 0.891. The number of thiophene rings is 1. The largest absolute Gasteiger partial charge is 0.382 e. The zero-order valence-corrected chi connectivity index (χ0v) is 14.2. The predicted octanol–water partition coefficient (Wildman–Crippen LogP) is 3.04. The highest BCUT2D eigenvalue weighted by atomic mass is 35.5. The number of nitrogens with two attached hydrogens (primary N) is 1. The summed E-state index contributed by atoms with van der Waals surface area (Å²) in [5.41, 5.74) is 6.46. The van der Waals surface area contributed by atoms with Crippen molar-refractivity contribution in [2.24, 2.45) is 0 Å². The molecule has 0 aliphatic heterocycles. The average molecular weight is 346 g/mol. The van der Waals surface area contributed by atoms with Gasteiger partial charge in [0.15, 0.2) is 0 Å². The molecule has 0 aliphatic rings. The summed E-state index contributed by atoms with van der Waals surface area (Å²) in [7, 11) is -3.70. The number of anilines is 1. The molecule has 3 N–H and O–H groups in total. The molecule has 2 aromatic rings. The van der Waals surface area contributed by atoms with Crippen LogP contribution in [-0.4, -0.2) is 13.4 Å². The molecule has 0 saturated heterocycles. The van der Waals surface area contributed by atoms with Gasteiger partial charge in [-0.25, -0.2) is 18.1 Å². The van der Waals surface area contributed by atoms with Crippen molar-refractivity contribution in [2.75, 3.05) is 5.73 Å². The van der Waals surface area contributed by atoms with E-state index in [2.05, 4.69) is 9.71 Å². The van der Waals surface area contributed by atoms with E-state index in [1.165, 1.54) is 12.3 Å². The fourth-order valence-electron chi connectivity index (χ4n) is 2.02. The van der Waals surface area contributed by atoms with Gasteiger partial charge in [0.2, 0.25) is 10.0 Å². The van der Waals surface area contributed by atoms with E-state index in [1.807, 2.05) is 19.9 Å². The molecule has 0 fully saturated rings. The van der Waals surface area contributed by atoms with E-state index >= 15 is 0 Å². The van der Waals surface area contributed by atoms with Gasteiger partial charge in [0.25, 0.3) is 0 Å². The van der Waals surface area contributed by atoms with Gasteiger partial charge in [-0.3, -0.25) is 0 Å². The van der Waals surface area contributed by atoms with Crippen LogP contribution in [0.15, 0.2) is 23.2 Å². The van der Waals surface area contributed by atoms with E-state index in [4.69, 9.17) is 17.3 Å². The molecule has 21 heavy (non-hydrogen) atoms. The van der Waals surface area contributed by atoms with Crippen LogP contribution < -0.4 is 10.5 Å². The van der Waals surface area contributed by atoms with Crippen molar-refractivity contribution < 1.29 is 8.42 Å². The molecule has 0 amide bonds. The zero-order chi connectivity index (χ0) is 15.8. The Labute approximate surface area is 133 Å².